The van der Waals surface area contributed by atoms with Gasteiger partial charge in [-0.25, -0.2) is 0 Å². The van der Waals surface area contributed by atoms with Gasteiger partial charge in [0.2, 0.25) is 0 Å². The van der Waals surface area contributed by atoms with Crippen LogP contribution in [0.4, 0.5) is 0 Å². The van der Waals surface area contributed by atoms with E-state index in [1.807, 2.05) is 26.1 Å². The summed E-state index contributed by atoms with van der Waals surface area (Å²) in [4.78, 5) is 10.8. The molecule has 5 rings (SSSR count). The second-order valence-corrected chi connectivity index (χ2v) is 8.21. The molecule has 0 unspecified atom stereocenters. The Hall–Kier alpha value is -2.92. The SMILES string of the molecule is Cc1noc(C)c1-c1cccc(C[C@H]2CCN(Cc3ccc4cc[nH]c4c3)C2)n1. The summed E-state index contributed by atoms with van der Waals surface area (Å²) < 4.78 is 5.32. The number of fused-ring (bicyclic) bond motifs is 1. The first-order valence-electron chi connectivity index (χ1n) is 10.3. The van der Waals surface area contributed by atoms with Crippen LogP contribution in [0, 0.1) is 19.8 Å². The lowest BCUT2D eigenvalue weighted by atomic mass is 10.0. The molecule has 1 fully saturated rings. The van der Waals surface area contributed by atoms with Crippen LogP contribution in [0.15, 0.2) is 53.2 Å². The molecular weight excluding hydrogens is 360 g/mol. The fourth-order valence-corrected chi connectivity index (χ4v) is 4.55. The largest absolute Gasteiger partial charge is 0.361 e. The van der Waals surface area contributed by atoms with Gasteiger partial charge >= 0.3 is 0 Å². The number of aryl methyl sites for hydroxylation is 2. The molecule has 1 N–H and O–H groups in total. The van der Waals surface area contributed by atoms with Crippen LogP contribution in [0.25, 0.3) is 22.2 Å². The molecule has 4 heterocycles. The van der Waals surface area contributed by atoms with Crippen LogP contribution < -0.4 is 0 Å². The highest BCUT2D eigenvalue weighted by molar-refractivity contribution is 5.79. The van der Waals surface area contributed by atoms with E-state index in [1.165, 1.54) is 22.9 Å². The van der Waals surface area contributed by atoms with E-state index < -0.39 is 0 Å². The van der Waals surface area contributed by atoms with Gasteiger partial charge in [0.1, 0.15) is 5.76 Å². The summed E-state index contributed by atoms with van der Waals surface area (Å²) in [6.07, 6.45) is 4.25. The van der Waals surface area contributed by atoms with Gasteiger partial charge in [-0.15, -0.1) is 0 Å². The number of nitrogens with one attached hydrogen (secondary N) is 1. The van der Waals surface area contributed by atoms with Crippen molar-refractivity contribution in [2.24, 2.45) is 5.92 Å². The molecule has 0 amide bonds. The number of hydrogen-bond acceptors (Lipinski definition) is 4. The predicted octanol–water partition coefficient (Wildman–Crippen LogP) is 4.90. The molecule has 148 valence electrons. The summed E-state index contributed by atoms with van der Waals surface area (Å²) in [6, 6.07) is 15.1. The normalized spacial score (nSPS) is 17.4. The Bertz CT molecular complexity index is 1120. The number of hydrogen-bond donors (Lipinski definition) is 1. The highest BCUT2D eigenvalue weighted by Gasteiger charge is 2.23. The third kappa shape index (κ3) is 3.70. The number of benzene rings is 1. The maximum absolute atomic E-state index is 5.32. The van der Waals surface area contributed by atoms with E-state index in [4.69, 9.17) is 9.51 Å². The van der Waals surface area contributed by atoms with Crippen LogP contribution in [-0.4, -0.2) is 33.1 Å². The zero-order valence-corrected chi connectivity index (χ0v) is 17.0. The van der Waals surface area contributed by atoms with Gasteiger partial charge in [-0.2, -0.15) is 0 Å². The summed E-state index contributed by atoms with van der Waals surface area (Å²) in [5.74, 6) is 1.48. The van der Waals surface area contributed by atoms with E-state index in [0.717, 1.165) is 54.5 Å². The van der Waals surface area contributed by atoms with Gasteiger partial charge in [0, 0.05) is 30.5 Å². The van der Waals surface area contributed by atoms with Crippen LogP contribution in [0.2, 0.25) is 0 Å². The van der Waals surface area contributed by atoms with Gasteiger partial charge in [-0.05, 0) is 74.4 Å². The number of nitrogens with zero attached hydrogens (tertiary/aromatic N) is 3. The topological polar surface area (TPSA) is 58.0 Å². The van der Waals surface area contributed by atoms with Crippen molar-refractivity contribution in [3.63, 3.8) is 0 Å². The Morgan fingerprint density at radius 1 is 1.17 bits per heavy atom. The van der Waals surface area contributed by atoms with Gasteiger partial charge in [0.15, 0.2) is 0 Å². The average Bonchev–Trinajstić information content (AvgIpc) is 3.43. The van der Waals surface area contributed by atoms with Gasteiger partial charge in [-0.3, -0.25) is 9.88 Å². The minimum atomic E-state index is 0.650. The van der Waals surface area contributed by atoms with E-state index in [-0.39, 0.29) is 0 Å². The molecule has 5 heteroatoms. The summed E-state index contributed by atoms with van der Waals surface area (Å²) in [5.41, 5.74) is 6.64. The molecule has 3 aromatic heterocycles. The quantitative estimate of drug-likeness (QED) is 0.530. The fourth-order valence-electron chi connectivity index (χ4n) is 4.55. The predicted molar refractivity (Wildman–Crippen MR) is 115 cm³/mol. The molecule has 5 nitrogen and oxygen atoms in total. The monoisotopic (exact) mass is 386 g/mol. The molecule has 0 spiro atoms. The molecule has 4 aromatic rings. The highest BCUT2D eigenvalue weighted by atomic mass is 16.5. The zero-order valence-electron chi connectivity index (χ0n) is 17.0. The van der Waals surface area contributed by atoms with Crippen LogP contribution in [0.1, 0.15) is 29.1 Å². The molecule has 1 atom stereocenters. The molecule has 0 saturated carbocycles. The molecule has 0 aliphatic carbocycles. The maximum Gasteiger partial charge on any atom is 0.143 e. The lowest BCUT2D eigenvalue weighted by Crippen LogP contribution is -2.20. The summed E-state index contributed by atoms with van der Waals surface area (Å²) in [6.45, 7) is 7.21. The fraction of sp³-hybridized carbons (Fsp3) is 0.333. The number of aromatic nitrogens is 3. The first-order valence-corrected chi connectivity index (χ1v) is 10.3. The Morgan fingerprint density at radius 2 is 2.10 bits per heavy atom. The molecule has 1 saturated heterocycles. The van der Waals surface area contributed by atoms with Crippen molar-refractivity contribution in [2.75, 3.05) is 13.1 Å². The van der Waals surface area contributed by atoms with Crippen molar-refractivity contribution in [3.05, 3.63) is 71.4 Å². The van der Waals surface area contributed by atoms with E-state index in [1.54, 1.807) is 0 Å². The Kier molecular flexibility index (Phi) is 4.68. The van der Waals surface area contributed by atoms with Gasteiger partial charge in [0.05, 0.1) is 17.0 Å². The Morgan fingerprint density at radius 3 is 2.97 bits per heavy atom. The smallest absolute Gasteiger partial charge is 0.143 e. The Labute approximate surface area is 170 Å². The average molecular weight is 386 g/mol. The number of rotatable bonds is 5. The lowest BCUT2D eigenvalue weighted by molar-refractivity contribution is 0.316. The highest BCUT2D eigenvalue weighted by Crippen LogP contribution is 2.27. The van der Waals surface area contributed by atoms with E-state index >= 15 is 0 Å². The van der Waals surface area contributed by atoms with Crippen LogP contribution in [-0.2, 0) is 13.0 Å². The number of pyridine rings is 1. The second kappa shape index (κ2) is 7.48. The minimum absolute atomic E-state index is 0.650. The van der Waals surface area contributed by atoms with Gasteiger partial charge in [0.25, 0.3) is 0 Å². The second-order valence-electron chi connectivity index (χ2n) is 8.21. The van der Waals surface area contributed by atoms with Gasteiger partial charge < -0.3 is 9.51 Å². The third-order valence-electron chi connectivity index (χ3n) is 5.99. The standard InChI is InChI=1S/C24H26N4O/c1-16-24(17(2)29-27-16)22-5-3-4-21(26-22)12-19-9-11-28(15-19)14-18-6-7-20-8-10-25-23(20)13-18/h3-8,10,13,19,25H,9,11-12,14-15H2,1-2H3/t19-/m1/s1. The number of aromatic amines is 1. The van der Waals surface area contributed by atoms with Gasteiger partial charge in [-0.1, -0.05) is 23.4 Å². The van der Waals surface area contributed by atoms with Crippen molar-refractivity contribution >= 4 is 10.9 Å². The lowest BCUT2D eigenvalue weighted by Gasteiger charge is -2.16. The minimum Gasteiger partial charge on any atom is -0.361 e. The summed E-state index contributed by atoms with van der Waals surface area (Å²) >= 11 is 0. The molecule has 0 bridgehead atoms. The van der Waals surface area contributed by atoms with Crippen LogP contribution in [0.3, 0.4) is 0 Å². The first-order chi connectivity index (χ1) is 14.2. The first kappa shape index (κ1) is 18.1. The summed E-state index contributed by atoms with van der Waals surface area (Å²) in [5, 5.41) is 5.34. The molecule has 0 radical (unpaired) electrons. The molecular formula is C24H26N4O. The van der Waals surface area contributed by atoms with Crippen molar-refractivity contribution < 1.29 is 4.52 Å². The number of H-pyrrole nitrogens is 1. The van der Waals surface area contributed by atoms with Crippen molar-refractivity contribution in [1.29, 1.82) is 0 Å². The van der Waals surface area contributed by atoms with E-state index in [2.05, 4.69) is 51.4 Å². The summed E-state index contributed by atoms with van der Waals surface area (Å²) in [7, 11) is 0. The Balaban J connectivity index is 1.25. The molecule has 1 aromatic carbocycles. The third-order valence-corrected chi connectivity index (χ3v) is 5.99. The van der Waals surface area contributed by atoms with Crippen molar-refractivity contribution in [2.45, 2.75) is 33.2 Å². The maximum atomic E-state index is 5.32. The number of likely N-dealkylation sites (tertiary alicyclic amines) is 1. The van der Waals surface area contributed by atoms with Crippen LogP contribution >= 0.6 is 0 Å². The molecule has 29 heavy (non-hydrogen) atoms. The van der Waals surface area contributed by atoms with Crippen molar-refractivity contribution in [1.82, 2.24) is 20.0 Å². The van der Waals surface area contributed by atoms with E-state index in [0.29, 0.717) is 5.92 Å². The molecule has 1 aliphatic heterocycles. The van der Waals surface area contributed by atoms with Crippen LogP contribution in [0.5, 0.6) is 0 Å². The van der Waals surface area contributed by atoms with E-state index in [9.17, 15) is 0 Å². The zero-order chi connectivity index (χ0) is 19.8. The van der Waals surface area contributed by atoms with Crippen molar-refractivity contribution in [3.8, 4) is 11.3 Å². The molecule has 1 aliphatic rings.